The molecule has 0 bridgehead atoms. The standard InChI is InChI=1S/C16H21BrO2/c1-3-13(11-12-17)5-4-6-14-7-9-15(10-8-14)16(18)19-2/h5,7-10H,3-4,6,11-12H2,1-2H3/b13-5+. The molecule has 0 aliphatic heterocycles. The number of benzene rings is 1. The predicted molar refractivity (Wildman–Crippen MR) is 82.9 cm³/mol. The molecule has 0 radical (unpaired) electrons. The summed E-state index contributed by atoms with van der Waals surface area (Å²) in [6.07, 6.45) is 6.63. The third-order valence-corrected chi connectivity index (χ3v) is 3.51. The van der Waals surface area contributed by atoms with Gasteiger partial charge >= 0.3 is 5.97 Å². The van der Waals surface area contributed by atoms with E-state index >= 15 is 0 Å². The Labute approximate surface area is 124 Å². The van der Waals surface area contributed by atoms with Gasteiger partial charge in [-0.25, -0.2) is 4.79 Å². The second-order valence-corrected chi connectivity index (χ2v) is 5.18. The maximum Gasteiger partial charge on any atom is 0.337 e. The van der Waals surface area contributed by atoms with Crippen molar-refractivity contribution < 1.29 is 9.53 Å². The summed E-state index contributed by atoms with van der Waals surface area (Å²) < 4.78 is 4.68. The van der Waals surface area contributed by atoms with Gasteiger partial charge in [-0.2, -0.15) is 0 Å². The van der Waals surface area contributed by atoms with Gasteiger partial charge in [0.05, 0.1) is 12.7 Å². The first-order valence-electron chi connectivity index (χ1n) is 6.62. The Morgan fingerprint density at radius 2 is 2.00 bits per heavy atom. The quantitative estimate of drug-likeness (QED) is 0.418. The van der Waals surface area contributed by atoms with Crippen LogP contribution in [0.2, 0.25) is 0 Å². The van der Waals surface area contributed by atoms with E-state index in [1.54, 1.807) is 0 Å². The highest BCUT2D eigenvalue weighted by Crippen LogP contribution is 2.12. The van der Waals surface area contributed by atoms with Gasteiger partial charge in [0.25, 0.3) is 0 Å². The van der Waals surface area contributed by atoms with Crippen LogP contribution in [0.1, 0.15) is 42.1 Å². The van der Waals surface area contributed by atoms with Gasteiger partial charge in [-0.15, -0.1) is 0 Å². The van der Waals surface area contributed by atoms with Crippen molar-refractivity contribution in [3.8, 4) is 0 Å². The smallest absolute Gasteiger partial charge is 0.337 e. The van der Waals surface area contributed by atoms with Gasteiger partial charge in [-0.1, -0.05) is 46.6 Å². The van der Waals surface area contributed by atoms with Crippen molar-refractivity contribution in [1.82, 2.24) is 0 Å². The van der Waals surface area contributed by atoms with Gasteiger partial charge in [-0.05, 0) is 43.4 Å². The van der Waals surface area contributed by atoms with Crippen molar-refractivity contribution in [3.63, 3.8) is 0 Å². The number of carbonyl (C=O) groups excluding carboxylic acids is 1. The number of alkyl halides is 1. The molecular weight excluding hydrogens is 304 g/mol. The lowest BCUT2D eigenvalue weighted by molar-refractivity contribution is 0.0600. The number of allylic oxidation sites excluding steroid dienone is 2. The van der Waals surface area contributed by atoms with E-state index in [2.05, 4.69) is 33.7 Å². The van der Waals surface area contributed by atoms with Crippen LogP contribution >= 0.6 is 15.9 Å². The van der Waals surface area contributed by atoms with Gasteiger partial charge in [0, 0.05) is 5.33 Å². The third-order valence-electron chi connectivity index (χ3n) is 3.11. The Bertz CT molecular complexity index is 421. The molecule has 1 aromatic rings. The fraction of sp³-hybridized carbons (Fsp3) is 0.438. The van der Waals surface area contributed by atoms with Crippen LogP contribution in [0.25, 0.3) is 0 Å². The average molecular weight is 325 g/mol. The largest absolute Gasteiger partial charge is 0.465 e. The number of aryl methyl sites for hydroxylation is 1. The van der Waals surface area contributed by atoms with E-state index in [0.29, 0.717) is 5.56 Å². The van der Waals surface area contributed by atoms with Crippen LogP contribution < -0.4 is 0 Å². The number of esters is 1. The molecule has 0 aliphatic carbocycles. The van der Waals surface area contributed by atoms with Crippen LogP contribution in [-0.2, 0) is 11.2 Å². The molecule has 0 amide bonds. The lowest BCUT2D eigenvalue weighted by atomic mass is 10.0. The van der Waals surface area contributed by atoms with E-state index in [4.69, 9.17) is 0 Å². The van der Waals surface area contributed by atoms with E-state index in [9.17, 15) is 4.79 Å². The van der Waals surface area contributed by atoms with Gasteiger partial charge in [-0.3, -0.25) is 0 Å². The molecule has 0 atom stereocenters. The van der Waals surface area contributed by atoms with E-state index < -0.39 is 0 Å². The number of carbonyl (C=O) groups is 1. The Hall–Kier alpha value is -1.09. The molecule has 0 fully saturated rings. The van der Waals surface area contributed by atoms with Gasteiger partial charge in [0.1, 0.15) is 0 Å². The van der Waals surface area contributed by atoms with Crippen LogP contribution in [0, 0.1) is 0 Å². The van der Waals surface area contributed by atoms with E-state index in [0.717, 1.165) is 31.0 Å². The topological polar surface area (TPSA) is 26.3 Å². The molecule has 0 spiro atoms. The van der Waals surface area contributed by atoms with Gasteiger partial charge < -0.3 is 4.74 Å². The summed E-state index contributed by atoms with van der Waals surface area (Å²) in [4.78, 5) is 11.3. The predicted octanol–water partition coefficient (Wildman–Crippen LogP) is 4.53. The zero-order valence-corrected chi connectivity index (χ0v) is 13.2. The number of ether oxygens (including phenoxy) is 1. The number of hydrogen-bond donors (Lipinski definition) is 0. The third kappa shape index (κ3) is 5.60. The molecule has 2 nitrogen and oxygen atoms in total. The molecule has 0 heterocycles. The van der Waals surface area contributed by atoms with Crippen molar-refractivity contribution in [2.45, 2.75) is 32.6 Å². The maximum absolute atomic E-state index is 11.3. The van der Waals surface area contributed by atoms with E-state index in [1.807, 2.05) is 24.3 Å². The minimum Gasteiger partial charge on any atom is -0.465 e. The highest BCUT2D eigenvalue weighted by Gasteiger charge is 2.03. The number of rotatable bonds is 7. The van der Waals surface area contributed by atoms with Crippen molar-refractivity contribution >= 4 is 21.9 Å². The van der Waals surface area contributed by atoms with E-state index in [1.165, 1.54) is 18.2 Å². The molecule has 1 aromatic carbocycles. The average Bonchev–Trinajstić information content (AvgIpc) is 2.46. The Morgan fingerprint density at radius 1 is 1.32 bits per heavy atom. The molecule has 0 saturated heterocycles. The zero-order chi connectivity index (χ0) is 14.1. The van der Waals surface area contributed by atoms with Crippen molar-refractivity contribution in [1.29, 1.82) is 0 Å². The summed E-state index contributed by atoms with van der Waals surface area (Å²) >= 11 is 3.47. The lowest BCUT2D eigenvalue weighted by Crippen LogP contribution is -2.00. The summed E-state index contributed by atoms with van der Waals surface area (Å²) in [5.74, 6) is -0.281. The first-order valence-corrected chi connectivity index (χ1v) is 7.74. The molecule has 0 aromatic heterocycles. The summed E-state index contributed by atoms with van der Waals surface area (Å²) in [5, 5.41) is 1.03. The molecule has 104 valence electrons. The molecule has 0 aliphatic rings. The summed E-state index contributed by atoms with van der Waals surface area (Å²) in [5.41, 5.74) is 3.36. The first-order chi connectivity index (χ1) is 9.21. The molecule has 0 saturated carbocycles. The summed E-state index contributed by atoms with van der Waals surface area (Å²) in [6, 6.07) is 7.64. The highest BCUT2D eigenvalue weighted by molar-refractivity contribution is 9.09. The normalized spacial score (nSPS) is 11.4. The molecule has 3 heteroatoms. The monoisotopic (exact) mass is 324 g/mol. The van der Waals surface area contributed by atoms with Gasteiger partial charge in [0.15, 0.2) is 0 Å². The first kappa shape index (κ1) is 16.0. The molecule has 0 unspecified atom stereocenters. The van der Waals surface area contributed by atoms with Crippen LogP contribution in [0.3, 0.4) is 0 Å². The van der Waals surface area contributed by atoms with Crippen LogP contribution in [0.5, 0.6) is 0 Å². The Balaban J connectivity index is 2.52. The molecule has 0 N–H and O–H groups in total. The summed E-state index contributed by atoms with van der Waals surface area (Å²) in [6.45, 7) is 2.19. The van der Waals surface area contributed by atoms with E-state index in [-0.39, 0.29) is 5.97 Å². The van der Waals surface area contributed by atoms with Crippen LogP contribution in [0.15, 0.2) is 35.9 Å². The fourth-order valence-electron chi connectivity index (χ4n) is 1.91. The summed E-state index contributed by atoms with van der Waals surface area (Å²) in [7, 11) is 1.40. The SMILES string of the molecule is CC/C(=C\CCc1ccc(C(=O)OC)cc1)CCBr. The fourth-order valence-corrected chi connectivity index (χ4v) is 2.42. The second-order valence-electron chi connectivity index (χ2n) is 4.38. The van der Waals surface area contributed by atoms with Crippen LogP contribution in [-0.4, -0.2) is 18.4 Å². The van der Waals surface area contributed by atoms with Crippen molar-refractivity contribution in [3.05, 3.63) is 47.0 Å². The Morgan fingerprint density at radius 3 is 2.53 bits per heavy atom. The van der Waals surface area contributed by atoms with Crippen molar-refractivity contribution in [2.75, 3.05) is 12.4 Å². The molecular formula is C16H21BrO2. The van der Waals surface area contributed by atoms with Crippen molar-refractivity contribution in [2.24, 2.45) is 0 Å². The highest BCUT2D eigenvalue weighted by atomic mass is 79.9. The number of hydrogen-bond acceptors (Lipinski definition) is 2. The second kappa shape index (κ2) is 8.92. The number of halogens is 1. The molecule has 19 heavy (non-hydrogen) atoms. The molecule has 1 rings (SSSR count). The lowest BCUT2D eigenvalue weighted by Gasteiger charge is -2.04. The minimum atomic E-state index is -0.281. The minimum absolute atomic E-state index is 0.281. The number of methoxy groups -OCH3 is 1. The van der Waals surface area contributed by atoms with Crippen LogP contribution in [0.4, 0.5) is 0 Å². The Kier molecular flexibility index (Phi) is 7.49. The van der Waals surface area contributed by atoms with Gasteiger partial charge in [0.2, 0.25) is 0 Å². The maximum atomic E-state index is 11.3. The zero-order valence-electron chi connectivity index (χ0n) is 11.6.